The summed E-state index contributed by atoms with van der Waals surface area (Å²) in [6.07, 6.45) is 5.35. The second-order valence-electron chi connectivity index (χ2n) is 9.17. The van der Waals surface area contributed by atoms with E-state index in [1.807, 2.05) is 7.05 Å². The Balaban J connectivity index is 1.36. The number of nitrogens with two attached hydrogens (primary N) is 1. The first-order valence-electron chi connectivity index (χ1n) is 10.8. The van der Waals surface area contributed by atoms with Gasteiger partial charge in [-0.25, -0.2) is 23.2 Å². The largest absolute Gasteiger partial charge is 0.328 e. The Morgan fingerprint density at radius 1 is 1.18 bits per heavy atom. The number of nitrogens with one attached hydrogen (secondary N) is 4. The molecule has 1 aliphatic carbocycles. The van der Waals surface area contributed by atoms with E-state index in [0.717, 1.165) is 38.8 Å². The van der Waals surface area contributed by atoms with Gasteiger partial charge in [0.2, 0.25) is 10.0 Å². The van der Waals surface area contributed by atoms with Gasteiger partial charge >= 0.3 is 0 Å². The number of likely N-dealkylation sites (N-methyl/N-ethyl adjacent to an activating group) is 1. The molecule has 3 aliphatic heterocycles. The van der Waals surface area contributed by atoms with Crippen LogP contribution < -0.4 is 26.6 Å². The Morgan fingerprint density at radius 2 is 2.00 bits per heavy atom. The van der Waals surface area contributed by atoms with Crippen LogP contribution in [0.25, 0.3) is 0 Å². The lowest BCUT2D eigenvalue weighted by Crippen LogP contribution is -2.56. The monoisotopic (exact) mass is 415 g/mol. The molecule has 28 heavy (non-hydrogen) atoms. The van der Waals surface area contributed by atoms with Crippen molar-refractivity contribution in [2.75, 3.05) is 33.2 Å². The Kier molecular flexibility index (Phi) is 6.30. The summed E-state index contributed by atoms with van der Waals surface area (Å²) in [5, 5.41) is 7.27. The minimum Gasteiger partial charge on any atom is -0.328 e. The van der Waals surface area contributed by atoms with Gasteiger partial charge in [-0.05, 0) is 51.0 Å². The molecule has 3 saturated heterocycles. The summed E-state index contributed by atoms with van der Waals surface area (Å²) >= 11 is 0. The zero-order valence-corrected chi connectivity index (χ0v) is 17.9. The van der Waals surface area contributed by atoms with E-state index < -0.39 is 15.3 Å². The van der Waals surface area contributed by atoms with Crippen LogP contribution in [0.15, 0.2) is 0 Å². The summed E-state index contributed by atoms with van der Waals surface area (Å²) in [5.41, 5.74) is 12.8. The highest BCUT2D eigenvalue weighted by Gasteiger charge is 2.44. The number of piperidine rings is 1. The van der Waals surface area contributed by atoms with Crippen LogP contribution in [0.2, 0.25) is 0 Å². The third kappa shape index (κ3) is 4.24. The van der Waals surface area contributed by atoms with Gasteiger partial charge in [-0.15, -0.1) is 0 Å². The van der Waals surface area contributed by atoms with Crippen LogP contribution in [0.1, 0.15) is 39.0 Å². The third-order valence-corrected chi connectivity index (χ3v) is 9.08. The predicted octanol–water partition coefficient (Wildman–Crippen LogP) is -1.25. The second-order valence-corrected chi connectivity index (χ2v) is 11.2. The van der Waals surface area contributed by atoms with Crippen molar-refractivity contribution in [1.29, 1.82) is 0 Å². The van der Waals surface area contributed by atoms with E-state index in [2.05, 4.69) is 37.8 Å². The van der Waals surface area contributed by atoms with E-state index in [9.17, 15) is 8.42 Å². The summed E-state index contributed by atoms with van der Waals surface area (Å²) in [5.74, 6) is 1.01. The van der Waals surface area contributed by atoms with E-state index >= 15 is 0 Å². The average Bonchev–Trinajstić information content (AvgIpc) is 3.30. The van der Waals surface area contributed by atoms with Gasteiger partial charge < -0.3 is 11.1 Å². The fraction of sp³-hybridized carbons (Fsp3) is 1.00. The van der Waals surface area contributed by atoms with Crippen molar-refractivity contribution in [2.24, 2.45) is 17.6 Å². The lowest BCUT2D eigenvalue weighted by atomic mass is 9.82. The molecule has 0 radical (unpaired) electrons. The zero-order chi connectivity index (χ0) is 19.9. The number of sulfonamides is 1. The van der Waals surface area contributed by atoms with Gasteiger partial charge in [-0.2, -0.15) is 0 Å². The molecule has 1 saturated carbocycles. The van der Waals surface area contributed by atoms with Crippen LogP contribution in [0.3, 0.4) is 0 Å². The summed E-state index contributed by atoms with van der Waals surface area (Å²) in [7, 11) is -1.36. The number of rotatable bonds is 5. The van der Waals surface area contributed by atoms with Crippen molar-refractivity contribution in [3.63, 3.8) is 0 Å². The van der Waals surface area contributed by atoms with Gasteiger partial charge in [0.15, 0.2) is 0 Å². The lowest BCUT2D eigenvalue weighted by Gasteiger charge is -2.38. The predicted molar refractivity (Wildman–Crippen MR) is 109 cm³/mol. The molecule has 0 spiro atoms. The minimum absolute atomic E-state index is 0.00641. The van der Waals surface area contributed by atoms with Crippen LogP contribution >= 0.6 is 0 Å². The molecule has 162 valence electrons. The molecule has 4 fully saturated rings. The molecule has 10 heteroatoms. The van der Waals surface area contributed by atoms with Gasteiger partial charge in [0.1, 0.15) is 5.25 Å². The van der Waals surface area contributed by atoms with Gasteiger partial charge in [-0.1, -0.05) is 6.42 Å². The number of hydrazine groups is 2. The first kappa shape index (κ1) is 20.9. The van der Waals surface area contributed by atoms with Crippen LogP contribution in [0.5, 0.6) is 0 Å². The highest BCUT2D eigenvalue weighted by Crippen LogP contribution is 2.31. The van der Waals surface area contributed by atoms with Crippen LogP contribution in [-0.4, -0.2) is 81.2 Å². The molecule has 6 unspecified atom stereocenters. The number of fused-ring (bicyclic) bond motifs is 1. The molecule has 0 aromatic heterocycles. The molecule has 4 aliphatic rings. The van der Waals surface area contributed by atoms with Crippen molar-refractivity contribution >= 4 is 10.0 Å². The van der Waals surface area contributed by atoms with E-state index in [0.29, 0.717) is 24.9 Å². The normalized spacial score (nSPS) is 41.8. The molecule has 0 bridgehead atoms. The van der Waals surface area contributed by atoms with E-state index in [1.165, 1.54) is 6.42 Å². The number of nitrogens with zero attached hydrogens (tertiary/aromatic N) is 2. The summed E-state index contributed by atoms with van der Waals surface area (Å²) in [4.78, 5) is 0. The highest BCUT2D eigenvalue weighted by molar-refractivity contribution is 7.90. The Labute approximate surface area is 169 Å². The fourth-order valence-electron chi connectivity index (χ4n) is 5.53. The molecule has 0 aromatic rings. The smallest absolute Gasteiger partial charge is 0.217 e. The van der Waals surface area contributed by atoms with Gasteiger partial charge in [0.05, 0.1) is 6.17 Å². The van der Waals surface area contributed by atoms with Crippen molar-refractivity contribution in [3.8, 4) is 0 Å². The molecule has 3 heterocycles. The SMILES string of the molecule is C[C@H](N)C1CCNC(N2CC(S(=O)(=O)NC3CCCC4CNN(C)C43)CN2)C1. The molecule has 6 N–H and O–H groups in total. The topological polar surface area (TPSA) is 115 Å². The van der Waals surface area contributed by atoms with Gasteiger partial charge in [-0.3, -0.25) is 10.9 Å². The van der Waals surface area contributed by atoms with Crippen LogP contribution in [0.4, 0.5) is 0 Å². The molecule has 7 atom stereocenters. The lowest BCUT2D eigenvalue weighted by molar-refractivity contribution is 0.0904. The van der Waals surface area contributed by atoms with Crippen molar-refractivity contribution < 1.29 is 8.42 Å². The third-order valence-electron chi connectivity index (χ3n) is 7.25. The first-order chi connectivity index (χ1) is 13.3. The average molecular weight is 416 g/mol. The Hall–Kier alpha value is -0.330. The molecule has 0 aromatic carbocycles. The van der Waals surface area contributed by atoms with Gasteiger partial charge in [0, 0.05) is 44.8 Å². The quantitative estimate of drug-likeness (QED) is 0.379. The molecule has 4 rings (SSSR count). The molecular formula is C18H37N7O2S. The minimum atomic E-state index is -3.38. The highest BCUT2D eigenvalue weighted by atomic mass is 32.2. The standard InChI is InChI=1S/C18H37N7O2S/c1-12(19)13-6-7-20-17(8-13)25-11-15(10-22-25)28(26,27)23-16-5-3-4-14-9-21-24(2)18(14)16/h12-18,20-23H,3-11,19H2,1-2H3/t12-,13?,14?,15?,16?,17?,18?/m0/s1. The zero-order valence-electron chi connectivity index (χ0n) is 17.1. The van der Waals surface area contributed by atoms with Gasteiger partial charge in [0.25, 0.3) is 0 Å². The van der Waals surface area contributed by atoms with Crippen LogP contribution in [-0.2, 0) is 10.0 Å². The van der Waals surface area contributed by atoms with Crippen molar-refractivity contribution in [2.45, 2.75) is 68.6 Å². The fourth-order valence-corrected chi connectivity index (χ4v) is 7.06. The van der Waals surface area contributed by atoms with Crippen LogP contribution in [0, 0.1) is 11.8 Å². The maximum absolute atomic E-state index is 13.1. The van der Waals surface area contributed by atoms with Crippen molar-refractivity contribution in [1.82, 2.24) is 30.9 Å². The summed E-state index contributed by atoms with van der Waals surface area (Å²) in [6.45, 7) is 4.91. The second kappa shape index (κ2) is 8.43. The number of hydrogen-bond donors (Lipinski definition) is 5. The molecular weight excluding hydrogens is 378 g/mol. The molecule has 0 amide bonds. The number of hydrogen-bond acceptors (Lipinski definition) is 8. The Morgan fingerprint density at radius 3 is 2.79 bits per heavy atom. The summed E-state index contributed by atoms with van der Waals surface area (Å²) < 4.78 is 29.4. The van der Waals surface area contributed by atoms with Crippen molar-refractivity contribution in [3.05, 3.63) is 0 Å². The molecule has 9 nitrogen and oxygen atoms in total. The van der Waals surface area contributed by atoms with E-state index in [1.54, 1.807) is 0 Å². The maximum atomic E-state index is 13.1. The van der Waals surface area contributed by atoms with E-state index in [4.69, 9.17) is 5.73 Å². The summed E-state index contributed by atoms with van der Waals surface area (Å²) in [6, 6.07) is 0.415. The maximum Gasteiger partial charge on any atom is 0.217 e. The van der Waals surface area contributed by atoms with E-state index in [-0.39, 0.29) is 24.3 Å². The Bertz CT molecular complexity index is 644. The first-order valence-corrected chi connectivity index (χ1v) is 12.4.